The first-order chi connectivity index (χ1) is 9.45. The predicted octanol–water partition coefficient (Wildman–Crippen LogP) is 3.43. The summed E-state index contributed by atoms with van der Waals surface area (Å²) < 4.78 is 10.9. The highest BCUT2D eigenvalue weighted by Gasteiger charge is 2.14. The molecule has 1 aromatic carbocycles. The van der Waals surface area contributed by atoms with Crippen molar-refractivity contribution in [2.45, 2.75) is 45.6 Å². The number of benzene rings is 1. The summed E-state index contributed by atoms with van der Waals surface area (Å²) in [6.07, 6.45) is 1.04. The summed E-state index contributed by atoms with van der Waals surface area (Å²) in [5, 5.41) is 0. The molecule has 0 bridgehead atoms. The lowest BCUT2D eigenvalue weighted by Crippen LogP contribution is -2.19. The first kappa shape index (κ1) is 17.2. The smallest absolute Gasteiger partial charge is 0.0701 e. The Hall–Kier alpha value is -0.900. The highest BCUT2D eigenvalue weighted by atomic mass is 16.5. The first-order valence-corrected chi connectivity index (χ1v) is 7.46. The van der Waals surface area contributed by atoms with Gasteiger partial charge in [-0.3, -0.25) is 0 Å². The third-order valence-electron chi connectivity index (χ3n) is 3.22. The minimum atomic E-state index is -0.0739. The molecule has 1 unspecified atom stereocenters. The summed E-state index contributed by atoms with van der Waals surface area (Å²) >= 11 is 0. The van der Waals surface area contributed by atoms with Crippen LogP contribution in [0, 0.1) is 0 Å². The SMILES string of the molecule is CCCOCCOCC(N)c1ccc(C(C)(C)C)cc1. The molecule has 0 aromatic heterocycles. The fraction of sp³-hybridized carbons (Fsp3) is 0.647. The molecule has 0 fully saturated rings. The van der Waals surface area contributed by atoms with Crippen molar-refractivity contribution < 1.29 is 9.47 Å². The van der Waals surface area contributed by atoms with E-state index >= 15 is 0 Å². The Morgan fingerprint density at radius 2 is 1.60 bits per heavy atom. The van der Waals surface area contributed by atoms with Gasteiger partial charge in [-0.05, 0) is 23.0 Å². The van der Waals surface area contributed by atoms with E-state index in [0.29, 0.717) is 19.8 Å². The van der Waals surface area contributed by atoms with Crippen molar-refractivity contribution in [3.8, 4) is 0 Å². The van der Waals surface area contributed by atoms with Crippen LogP contribution >= 0.6 is 0 Å². The zero-order valence-corrected chi connectivity index (χ0v) is 13.3. The van der Waals surface area contributed by atoms with E-state index in [4.69, 9.17) is 15.2 Å². The molecular weight excluding hydrogens is 250 g/mol. The number of hydrogen-bond acceptors (Lipinski definition) is 3. The van der Waals surface area contributed by atoms with Crippen molar-refractivity contribution in [2.24, 2.45) is 5.73 Å². The number of ether oxygens (including phenoxy) is 2. The molecule has 20 heavy (non-hydrogen) atoms. The van der Waals surface area contributed by atoms with Gasteiger partial charge in [-0.25, -0.2) is 0 Å². The van der Waals surface area contributed by atoms with E-state index in [0.717, 1.165) is 18.6 Å². The van der Waals surface area contributed by atoms with Crippen LogP contribution in [0.2, 0.25) is 0 Å². The third kappa shape index (κ3) is 6.04. The van der Waals surface area contributed by atoms with Gasteiger partial charge in [0, 0.05) is 6.61 Å². The number of rotatable bonds is 8. The molecule has 0 saturated carbocycles. The van der Waals surface area contributed by atoms with Crippen LogP contribution in [0.4, 0.5) is 0 Å². The molecule has 0 aliphatic rings. The van der Waals surface area contributed by atoms with E-state index in [1.165, 1.54) is 5.56 Å². The second-order valence-electron chi connectivity index (χ2n) is 6.17. The average molecular weight is 279 g/mol. The maximum absolute atomic E-state index is 6.13. The second-order valence-corrected chi connectivity index (χ2v) is 6.17. The Labute approximate surface area is 123 Å². The lowest BCUT2D eigenvalue weighted by molar-refractivity contribution is 0.0428. The standard InChI is InChI=1S/C17H29NO2/c1-5-10-19-11-12-20-13-16(18)14-6-8-15(9-7-14)17(2,3)4/h6-9,16H,5,10-13,18H2,1-4H3. The van der Waals surface area contributed by atoms with E-state index in [2.05, 4.69) is 52.0 Å². The predicted molar refractivity (Wildman–Crippen MR) is 84.0 cm³/mol. The molecular formula is C17H29NO2. The quantitative estimate of drug-likeness (QED) is 0.741. The van der Waals surface area contributed by atoms with Crippen LogP contribution in [0.5, 0.6) is 0 Å². The zero-order valence-electron chi connectivity index (χ0n) is 13.3. The molecule has 0 aliphatic heterocycles. The van der Waals surface area contributed by atoms with Gasteiger partial charge in [0.15, 0.2) is 0 Å². The molecule has 3 nitrogen and oxygen atoms in total. The Kier molecular flexibility index (Phi) is 7.20. The van der Waals surface area contributed by atoms with Crippen LogP contribution < -0.4 is 5.73 Å². The van der Waals surface area contributed by atoms with Crippen LogP contribution in [0.25, 0.3) is 0 Å². The van der Waals surface area contributed by atoms with Crippen molar-refractivity contribution in [2.75, 3.05) is 26.4 Å². The van der Waals surface area contributed by atoms with Gasteiger partial charge in [0.05, 0.1) is 25.9 Å². The minimum Gasteiger partial charge on any atom is -0.379 e. The van der Waals surface area contributed by atoms with Gasteiger partial charge in [0.25, 0.3) is 0 Å². The maximum atomic E-state index is 6.13. The molecule has 0 aliphatic carbocycles. The molecule has 0 saturated heterocycles. The van der Waals surface area contributed by atoms with Crippen LogP contribution in [-0.2, 0) is 14.9 Å². The molecule has 0 amide bonds. The van der Waals surface area contributed by atoms with E-state index in [9.17, 15) is 0 Å². The second kappa shape index (κ2) is 8.40. The van der Waals surface area contributed by atoms with Crippen molar-refractivity contribution in [3.05, 3.63) is 35.4 Å². The van der Waals surface area contributed by atoms with Gasteiger partial charge in [-0.15, -0.1) is 0 Å². The van der Waals surface area contributed by atoms with Gasteiger partial charge in [-0.2, -0.15) is 0 Å². The van der Waals surface area contributed by atoms with Crippen LogP contribution in [0.1, 0.15) is 51.3 Å². The highest BCUT2D eigenvalue weighted by molar-refractivity contribution is 5.29. The summed E-state index contributed by atoms with van der Waals surface area (Å²) in [6, 6.07) is 8.43. The molecule has 1 atom stereocenters. The third-order valence-corrected chi connectivity index (χ3v) is 3.22. The van der Waals surface area contributed by atoms with Crippen molar-refractivity contribution >= 4 is 0 Å². The molecule has 0 heterocycles. The summed E-state index contributed by atoms with van der Waals surface area (Å²) in [5.74, 6) is 0. The lowest BCUT2D eigenvalue weighted by atomic mass is 9.86. The van der Waals surface area contributed by atoms with Gasteiger partial charge < -0.3 is 15.2 Å². The number of nitrogens with two attached hydrogens (primary N) is 1. The topological polar surface area (TPSA) is 44.5 Å². The molecule has 1 rings (SSSR count). The molecule has 3 heteroatoms. The minimum absolute atomic E-state index is 0.0739. The summed E-state index contributed by atoms with van der Waals surface area (Å²) in [4.78, 5) is 0. The fourth-order valence-electron chi connectivity index (χ4n) is 1.90. The molecule has 0 spiro atoms. The first-order valence-electron chi connectivity index (χ1n) is 7.46. The average Bonchev–Trinajstić information content (AvgIpc) is 2.41. The monoisotopic (exact) mass is 279 g/mol. The van der Waals surface area contributed by atoms with E-state index < -0.39 is 0 Å². The van der Waals surface area contributed by atoms with Crippen molar-refractivity contribution in [3.63, 3.8) is 0 Å². The Morgan fingerprint density at radius 1 is 1.00 bits per heavy atom. The maximum Gasteiger partial charge on any atom is 0.0701 e. The normalized spacial score (nSPS) is 13.4. The summed E-state index contributed by atoms with van der Waals surface area (Å²) in [6.45, 7) is 11.3. The highest BCUT2D eigenvalue weighted by Crippen LogP contribution is 2.23. The zero-order chi connectivity index (χ0) is 15.0. The van der Waals surface area contributed by atoms with E-state index in [1.54, 1.807) is 0 Å². The Bertz CT molecular complexity index is 368. The van der Waals surface area contributed by atoms with Crippen LogP contribution in [0.15, 0.2) is 24.3 Å². The van der Waals surface area contributed by atoms with E-state index in [1.807, 2.05) is 0 Å². The van der Waals surface area contributed by atoms with Crippen molar-refractivity contribution in [1.29, 1.82) is 0 Å². The van der Waals surface area contributed by atoms with Gasteiger partial charge in [0.1, 0.15) is 0 Å². The Morgan fingerprint density at radius 3 is 2.15 bits per heavy atom. The van der Waals surface area contributed by atoms with E-state index in [-0.39, 0.29) is 11.5 Å². The molecule has 2 N–H and O–H groups in total. The van der Waals surface area contributed by atoms with Gasteiger partial charge in [0.2, 0.25) is 0 Å². The lowest BCUT2D eigenvalue weighted by Gasteiger charge is -2.20. The Balaban J connectivity index is 2.34. The summed E-state index contributed by atoms with van der Waals surface area (Å²) in [5.41, 5.74) is 8.75. The largest absolute Gasteiger partial charge is 0.379 e. The van der Waals surface area contributed by atoms with Gasteiger partial charge in [-0.1, -0.05) is 52.0 Å². The molecule has 114 valence electrons. The van der Waals surface area contributed by atoms with Gasteiger partial charge >= 0.3 is 0 Å². The van der Waals surface area contributed by atoms with Crippen molar-refractivity contribution in [1.82, 2.24) is 0 Å². The molecule has 1 aromatic rings. The number of hydrogen-bond donors (Lipinski definition) is 1. The fourth-order valence-corrected chi connectivity index (χ4v) is 1.90. The molecule has 0 radical (unpaired) electrons. The van der Waals surface area contributed by atoms with Crippen LogP contribution in [0.3, 0.4) is 0 Å². The van der Waals surface area contributed by atoms with Crippen LogP contribution in [-0.4, -0.2) is 26.4 Å². The summed E-state index contributed by atoms with van der Waals surface area (Å²) in [7, 11) is 0.